The first-order valence-electron chi connectivity index (χ1n) is 8.82. The van der Waals surface area contributed by atoms with Crippen LogP contribution in [-0.4, -0.2) is 46.5 Å². The molecule has 1 amide bonds. The quantitative estimate of drug-likeness (QED) is 0.934. The van der Waals surface area contributed by atoms with Crippen LogP contribution in [0.25, 0.3) is 0 Å². The zero-order chi connectivity index (χ0) is 17.4. The maximum absolute atomic E-state index is 12.8. The minimum Gasteiger partial charge on any atom is -0.307 e. The predicted molar refractivity (Wildman–Crippen MR) is 95.0 cm³/mol. The van der Waals surface area contributed by atoms with E-state index in [1.165, 1.54) is 0 Å². The molecule has 1 aromatic heterocycles. The van der Waals surface area contributed by atoms with E-state index in [0.717, 1.165) is 37.3 Å². The highest BCUT2D eigenvalue weighted by Gasteiger charge is 2.26. The number of benzene rings is 1. The van der Waals surface area contributed by atoms with E-state index >= 15 is 0 Å². The van der Waals surface area contributed by atoms with E-state index in [4.69, 9.17) is 0 Å². The zero-order valence-corrected chi connectivity index (χ0v) is 14.4. The number of aromatic nitrogens is 2. The second-order valence-corrected chi connectivity index (χ2v) is 6.90. The summed E-state index contributed by atoms with van der Waals surface area (Å²) >= 11 is 0. The molecule has 4 rings (SSSR count). The summed E-state index contributed by atoms with van der Waals surface area (Å²) in [6.07, 6.45) is 4.92. The van der Waals surface area contributed by atoms with Gasteiger partial charge in [-0.1, -0.05) is 12.1 Å². The third-order valence-electron chi connectivity index (χ3n) is 5.27. The van der Waals surface area contributed by atoms with Crippen molar-refractivity contribution in [1.82, 2.24) is 14.7 Å². The third kappa shape index (κ3) is 2.98. The first-order chi connectivity index (χ1) is 12.1. The van der Waals surface area contributed by atoms with E-state index in [9.17, 15) is 9.59 Å². The number of amides is 1. The summed E-state index contributed by atoms with van der Waals surface area (Å²) in [7, 11) is 2.12. The average Bonchev–Trinajstić information content (AvgIpc) is 3.23. The van der Waals surface area contributed by atoms with Crippen LogP contribution in [-0.2, 0) is 6.42 Å². The number of carbonyl (C=O) groups is 2. The molecule has 1 aliphatic heterocycles. The molecule has 130 valence electrons. The SMILES string of the molecule is CN1CCC(n2nccc2NC(=O)c2cccc3c2CCC3=O)CC1. The fourth-order valence-corrected chi connectivity index (χ4v) is 3.83. The second-order valence-electron chi connectivity index (χ2n) is 6.90. The Morgan fingerprint density at radius 3 is 2.80 bits per heavy atom. The van der Waals surface area contributed by atoms with Gasteiger partial charge in [0.2, 0.25) is 0 Å². The van der Waals surface area contributed by atoms with Crippen LogP contribution in [0.2, 0.25) is 0 Å². The number of likely N-dealkylation sites (tertiary alicyclic amines) is 1. The molecule has 2 aliphatic rings. The topological polar surface area (TPSA) is 67.2 Å². The standard InChI is InChI=1S/C19H22N4O2/c1-22-11-8-13(9-12-22)23-18(7-10-20-23)21-19(25)16-4-2-3-15-14(16)5-6-17(15)24/h2-4,7,10,13H,5-6,8-9,11-12H2,1H3,(H,21,25). The smallest absolute Gasteiger partial charge is 0.257 e. The van der Waals surface area contributed by atoms with Crippen LogP contribution in [0.5, 0.6) is 0 Å². The lowest BCUT2D eigenvalue weighted by Crippen LogP contribution is -2.32. The predicted octanol–water partition coefficient (Wildman–Crippen LogP) is 2.53. The van der Waals surface area contributed by atoms with Gasteiger partial charge >= 0.3 is 0 Å². The van der Waals surface area contributed by atoms with Crippen LogP contribution in [0.4, 0.5) is 5.82 Å². The van der Waals surface area contributed by atoms with Crippen LogP contribution in [0.1, 0.15) is 51.6 Å². The Balaban J connectivity index is 1.55. The molecule has 0 radical (unpaired) electrons. The molecule has 25 heavy (non-hydrogen) atoms. The van der Waals surface area contributed by atoms with Crippen molar-refractivity contribution in [3.05, 3.63) is 47.2 Å². The number of hydrogen-bond donors (Lipinski definition) is 1. The molecule has 2 heterocycles. The van der Waals surface area contributed by atoms with Gasteiger partial charge in [-0.25, -0.2) is 4.68 Å². The lowest BCUT2D eigenvalue weighted by atomic mass is 10.0. The van der Waals surface area contributed by atoms with Crippen molar-refractivity contribution in [2.24, 2.45) is 0 Å². The van der Waals surface area contributed by atoms with E-state index in [2.05, 4.69) is 22.4 Å². The summed E-state index contributed by atoms with van der Waals surface area (Å²) in [6, 6.07) is 7.54. The lowest BCUT2D eigenvalue weighted by molar-refractivity contribution is 0.0993. The van der Waals surface area contributed by atoms with Crippen molar-refractivity contribution in [3.8, 4) is 0 Å². The molecular weight excluding hydrogens is 316 g/mol. The Morgan fingerprint density at radius 1 is 1.20 bits per heavy atom. The average molecular weight is 338 g/mol. The highest BCUT2D eigenvalue weighted by Crippen LogP contribution is 2.28. The second kappa shape index (κ2) is 6.44. The monoisotopic (exact) mass is 338 g/mol. The molecule has 0 atom stereocenters. The summed E-state index contributed by atoms with van der Waals surface area (Å²) in [5.41, 5.74) is 2.16. The van der Waals surface area contributed by atoms with Crippen molar-refractivity contribution in [2.75, 3.05) is 25.5 Å². The maximum Gasteiger partial charge on any atom is 0.257 e. The number of piperidine rings is 1. The van der Waals surface area contributed by atoms with Gasteiger partial charge in [-0.2, -0.15) is 5.10 Å². The molecule has 6 nitrogen and oxygen atoms in total. The number of Topliss-reactive ketones (excluding diaryl/α,β-unsaturated/α-hetero) is 1. The number of carbonyl (C=O) groups excluding carboxylic acids is 2. The molecule has 2 aromatic rings. The lowest BCUT2D eigenvalue weighted by Gasteiger charge is -2.30. The van der Waals surface area contributed by atoms with Gasteiger partial charge in [0.25, 0.3) is 5.91 Å². The molecule has 1 fully saturated rings. The Hall–Kier alpha value is -2.47. The van der Waals surface area contributed by atoms with Gasteiger partial charge in [-0.3, -0.25) is 9.59 Å². The zero-order valence-electron chi connectivity index (χ0n) is 14.4. The molecule has 6 heteroatoms. The molecule has 0 unspecified atom stereocenters. The van der Waals surface area contributed by atoms with E-state index in [1.807, 2.05) is 16.8 Å². The molecule has 0 saturated carbocycles. The Labute approximate surface area is 146 Å². The number of nitrogens with zero attached hydrogens (tertiary/aromatic N) is 3. The number of rotatable bonds is 3. The first-order valence-corrected chi connectivity index (χ1v) is 8.82. The fourth-order valence-electron chi connectivity index (χ4n) is 3.83. The molecule has 0 spiro atoms. The molecule has 1 aliphatic carbocycles. The van der Waals surface area contributed by atoms with Gasteiger partial charge in [0.1, 0.15) is 5.82 Å². The van der Waals surface area contributed by atoms with Crippen LogP contribution in [0.15, 0.2) is 30.5 Å². The van der Waals surface area contributed by atoms with Crippen molar-refractivity contribution < 1.29 is 9.59 Å². The Bertz CT molecular complexity index is 819. The van der Waals surface area contributed by atoms with Crippen molar-refractivity contribution >= 4 is 17.5 Å². The summed E-state index contributed by atoms with van der Waals surface area (Å²) in [5.74, 6) is 0.684. The number of ketones is 1. The number of anilines is 1. The van der Waals surface area contributed by atoms with Crippen LogP contribution in [0, 0.1) is 0 Å². The first kappa shape index (κ1) is 16.0. The number of nitrogens with one attached hydrogen (secondary N) is 1. The normalized spacial score (nSPS) is 18.4. The van der Waals surface area contributed by atoms with Gasteiger partial charge in [0, 0.05) is 23.6 Å². The largest absolute Gasteiger partial charge is 0.307 e. The Kier molecular flexibility index (Phi) is 4.13. The summed E-state index contributed by atoms with van der Waals surface area (Å²) in [5, 5.41) is 7.42. The highest BCUT2D eigenvalue weighted by atomic mass is 16.2. The van der Waals surface area contributed by atoms with E-state index in [0.29, 0.717) is 30.0 Å². The Morgan fingerprint density at radius 2 is 2.00 bits per heavy atom. The van der Waals surface area contributed by atoms with Crippen molar-refractivity contribution in [3.63, 3.8) is 0 Å². The van der Waals surface area contributed by atoms with Crippen LogP contribution >= 0.6 is 0 Å². The number of fused-ring (bicyclic) bond motifs is 1. The molecule has 0 bridgehead atoms. The van der Waals surface area contributed by atoms with Gasteiger partial charge in [-0.05, 0) is 51.0 Å². The third-order valence-corrected chi connectivity index (χ3v) is 5.27. The minimum absolute atomic E-state index is 0.126. The molecule has 1 aromatic carbocycles. The summed E-state index contributed by atoms with van der Waals surface area (Å²) < 4.78 is 1.93. The molecular formula is C19H22N4O2. The number of hydrogen-bond acceptors (Lipinski definition) is 4. The van der Waals surface area contributed by atoms with Crippen molar-refractivity contribution in [2.45, 2.75) is 31.7 Å². The van der Waals surface area contributed by atoms with Gasteiger partial charge < -0.3 is 10.2 Å². The van der Waals surface area contributed by atoms with Crippen molar-refractivity contribution in [1.29, 1.82) is 0 Å². The molecule has 1 saturated heterocycles. The van der Waals surface area contributed by atoms with Gasteiger partial charge in [0.15, 0.2) is 5.78 Å². The van der Waals surface area contributed by atoms with Crippen LogP contribution in [0.3, 0.4) is 0 Å². The van der Waals surface area contributed by atoms with Crippen LogP contribution < -0.4 is 5.32 Å². The van der Waals surface area contributed by atoms with Gasteiger partial charge in [-0.15, -0.1) is 0 Å². The summed E-state index contributed by atoms with van der Waals surface area (Å²) in [4.78, 5) is 27.0. The maximum atomic E-state index is 12.8. The van der Waals surface area contributed by atoms with Gasteiger partial charge in [0.05, 0.1) is 12.2 Å². The fraction of sp³-hybridized carbons (Fsp3) is 0.421. The van der Waals surface area contributed by atoms with E-state index in [-0.39, 0.29) is 11.7 Å². The molecule has 1 N–H and O–H groups in total. The highest BCUT2D eigenvalue weighted by molar-refractivity contribution is 6.09. The summed E-state index contributed by atoms with van der Waals surface area (Å²) in [6.45, 7) is 2.07. The minimum atomic E-state index is -0.166. The van der Waals surface area contributed by atoms with E-state index < -0.39 is 0 Å². The van der Waals surface area contributed by atoms with E-state index in [1.54, 1.807) is 18.3 Å².